The topological polar surface area (TPSA) is 69.5 Å². The summed E-state index contributed by atoms with van der Waals surface area (Å²) in [4.78, 5) is 1.57. The molecular formula is C20H26ClN2O5S+. The van der Waals surface area contributed by atoms with Gasteiger partial charge in [0.15, 0.2) is 11.5 Å². The van der Waals surface area contributed by atoms with E-state index in [1.54, 1.807) is 45.6 Å². The molecule has 1 N–H and O–H groups in total. The molecule has 1 heterocycles. The summed E-state index contributed by atoms with van der Waals surface area (Å²) in [7, 11) is 1.26. The Balaban J connectivity index is 1.68. The van der Waals surface area contributed by atoms with Crippen molar-refractivity contribution < 1.29 is 27.5 Å². The quantitative estimate of drug-likeness (QED) is 0.704. The van der Waals surface area contributed by atoms with Crippen molar-refractivity contribution in [3.8, 4) is 17.2 Å². The van der Waals surface area contributed by atoms with Crippen LogP contribution in [0, 0.1) is 0 Å². The fraction of sp³-hybridized carbons (Fsp3) is 0.400. The molecule has 158 valence electrons. The zero-order valence-electron chi connectivity index (χ0n) is 16.8. The highest BCUT2D eigenvalue weighted by atomic mass is 35.5. The molecule has 0 amide bonds. The second kappa shape index (κ2) is 9.21. The van der Waals surface area contributed by atoms with E-state index in [4.69, 9.17) is 25.8 Å². The Hall–Kier alpha value is -2.00. The minimum Gasteiger partial charge on any atom is -0.493 e. The fourth-order valence-electron chi connectivity index (χ4n) is 3.50. The number of ether oxygens (including phenoxy) is 3. The smallest absolute Gasteiger partial charge is 0.243 e. The van der Waals surface area contributed by atoms with Gasteiger partial charge in [-0.1, -0.05) is 11.6 Å². The predicted molar refractivity (Wildman–Crippen MR) is 111 cm³/mol. The van der Waals surface area contributed by atoms with Gasteiger partial charge in [-0.2, -0.15) is 4.31 Å². The predicted octanol–water partition coefficient (Wildman–Crippen LogP) is 1.46. The summed E-state index contributed by atoms with van der Waals surface area (Å²) < 4.78 is 43.4. The molecule has 0 aliphatic carbocycles. The van der Waals surface area contributed by atoms with Gasteiger partial charge in [-0.15, -0.1) is 0 Å². The highest BCUT2D eigenvalue weighted by Crippen LogP contribution is 2.38. The number of nitrogens with one attached hydrogen (secondary N) is 1. The molecule has 0 spiro atoms. The minimum absolute atomic E-state index is 0.273. The SMILES string of the molecule is COc1cc(C[NH+]2CCN(S(=O)(=O)c3ccc(Cl)cc3)CC2)cc(OC)c1OC. The van der Waals surface area contributed by atoms with Crippen LogP contribution in [0.25, 0.3) is 0 Å². The Labute approximate surface area is 176 Å². The number of quaternary nitrogens is 1. The van der Waals surface area contributed by atoms with E-state index in [-0.39, 0.29) is 4.90 Å². The summed E-state index contributed by atoms with van der Waals surface area (Å²) in [6.07, 6.45) is 0. The number of benzene rings is 2. The Morgan fingerprint density at radius 3 is 2.00 bits per heavy atom. The zero-order chi connectivity index (χ0) is 21.0. The second-order valence-corrected chi connectivity index (χ2v) is 9.19. The molecule has 0 saturated carbocycles. The Morgan fingerprint density at radius 1 is 0.966 bits per heavy atom. The lowest BCUT2D eigenvalue weighted by Gasteiger charge is -2.31. The summed E-state index contributed by atoms with van der Waals surface area (Å²) in [5, 5.41) is 0.517. The summed E-state index contributed by atoms with van der Waals surface area (Å²) in [6.45, 7) is 3.09. The standard InChI is InChI=1S/C20H25ClN2O5S/c1-26-18-12-15(13-19(27-2)20(18)28-3)14-22-8-10-23(11-9-22)29(24,25)17-6-4-16(21)5-7-17/h4-7,12-13H,8-11,14H2,1-3H3/p+1. The van der Waals surface area contributed by atoms with E-state index in [0.29, 0.717) is 48.5 Å². The van der Waals surface area contributed by atoms with Gasteiger partial charge in [0.05, 0.1) is 52.4 Å². The molecule has 0 atom stereocenters. The first kappa shape index (κ1) is 21.7. The fourth-order valence-corrected chi connectivity index (χ4v) is 5.07. The van der Waals surface area contributed by atoms with Crippen LogP contribution in [0.3, 0.4) is 0 Å². The van der Waals surface area contributed by atoms with Crippen molar-refractivity contribution in [2.75, 3.05) is 47.5 Å². The van der Waals surface area contributed by atoms with Gasteiger partial charge in [0.2, 0.25) is 15.8 Å². The lowest BCUT2D eigenvalue weighted by atomic mass is 10.1. The first-order chi connectivity index (χ1) is 13.9. The molecule has 3 rings (SSSR count). The maximum Gasteiger partial charge on any atom is 0.243 e. The van der Waals surface area contributed by atoms with Gasteiger partial charge in [-0.25, -0.2) is 8.42 Å². The Bertz CT molecular complexity index is 917. The molecule has 0 unspecified atom stereocenters. The van der Waals surface area contributed by atoms with Crippen molar-refractivity contribution in [3.63, 3.8) is 0 Å². The summed E-state index contributed by atoms with van der Waals surface area (Å²) in [6, 6.07) is 10.2. The summed E-state index contributed by atoms with van der Waals surface area (Å²) in [5.41, 5.74) is 1.04. The van der Waals surface area contributed by atoms with Gasteiger partial charge in [-0.05, 0) is 36.4 Å². The molecule has 1 saturated heterocycles. The van der Waals surface area contributed by atoms with Crippen molar-refractivity contribution in [2.45, 2.75) is 11.4 Å². The van der Waals surface area contributed by atoms with E-state index in [9.17, 15) is 8.42 Å². The lowest BCUT2D eigenvalue weighted by molar-refractivity contribution is -0.917. The van der Waals surface area contributed by atoms with Crippen LogP contribution in [0.4, 0.5) is 0 Å². The van der Waals surface area contributed by atoms with Crippen LogP contribution >= 0.6 is 11.6 Å². The van der Waals surface area contributed by atoms with Crippen LogP contribution in [0.2, 0.25) is 5.02 Å². The van der Waals surface area contributed by atoms with Gasteiger partial charge in [-0.3, -0.25) is 0 Å². The molecule has 0 radical (unpaired) electrons. The molecule has 29 heavy (non-hydrogen) atoms. The first-order valence-electron chi connectivity index (χ1n) is 9.27. The molecule has 0 aromatic heterocycles. The van der Waals surface area contributed by atoms with Crippen molar-refractivity contribution in [3.05, 3.63) is 47.0 Å². The largest absolute Gasteiger partial charge is 0.493 e. The molecule has 1 aliphatic heterocycles. The first-order valence-corrected chi connectivity index (χ1v) is 11.1. The van der Waals surface area contributed by atoms with Crippen molar-refractivity contribution in [2.24, 2.45) is 0 Å². The third-order valence-electron chi connectivity index (χ3n) is 5.06. The highest BCUT2D eigenvalue weighted by Gasteiger charge is 2.30. The van der Waals surface area contributed by atoms with Crippen molar-refractivity contribution >= 4 is 21.6 Å². The normalized spacial score (nSPS) is 15.9. The highest BCUT2D eigenvalue weighted by molar-refractivity contribution is 7.89. The molecular weight excluding hydrogens is 416 g/mol. The summed E-state index contributed by atoms with van der Waals surface area (Å²) >= 11 is 5.87. The minimum atomic E-state index is -3.50. The number of piperazine rings is 1. The van der Waals surface area contributed by atoms with Crippen LogP contribution in [0.15, 0.2) is 41.3 Å². The average molecular weight is 442 g/mol. The number of hydrogen-bond acceptors (Lipinski definition) is 5. The maximum atomic E-state index is 12.8. The van der Waals surface area contributed by atoms with Gasteiger partial charge in [0.1, 0.15) is 6.54 Å². The number of methoxy groups -OCH3 is 3. The van der Waals surface area contributed by atoms with E-state index in [1.165, 1.54) is 9.21 Å². The van der Waals surface area contributed by atoms with Crippen molar-refractivity contribution in [1.82, 2.24) is 4.31 Å². The molecule has 1 fully saturated rings. The van der Waals surface area contributed by atoms with E-state index in [2.05, 4.69) is 0 Å². The third kappa shape index (κ3) is 4.78. The van der Waals surface area contributed by atoms with Gasteiger partial charge in [0, 0.05) is 10.6 Å². The number of sulfonamides is 1. The zero-order valence-corrected chi connectivity index (χ0v) is 18.3. The maximum absolute atomic E-state index is 12.8. The van der Waals surface area contributed by atoms with Gasteiger partial charge in [0.25, 0.3) is 0 Å². The summed E-state index contributed by atoms with van der Waals surface area (Å²) in [5.74, 6) is 1.79. The molecule has 9 heteroatoms. The third-order valence-corrected chi connectivity index (χ3v) is 7.22. The van der Waals surface area contributed by atoms with Crippen LogP contribution in [0.1, 0.15) is 5.56 Å². The van der Waals surface area contributed by atoms with Gasteiger partial charge >= 0.3 is 0 Å². The monoisotopic (exact) mass is 441 g/mol. The van der Waals surface area contributed by atoms with E-state index < -0.39 is 10.0 Å². The number of nitrogens with zero attached hydrogens (tertiary/aromatic N) is 1. The Morgan fingerprint density at radius 2 is 1.52 bits per heavy atom. The van der Waals surface area contributed by atoms with Gasteiger partial charge < -0.3 is 19.1 Å². The van der Waals surface area contributed by atoms with E-state index in [1.807, 2.05) is 12.1 Å². The average Bonchev–Trinajstić information content (AvgIpc) is 2.73. The van der Waals surface area contributed by atoms with E-state index in [0.717, 1.165) is 12.1 Å². The molecule has 2 aromatic carbocycles. The van der Waals surface area contributed by atoms with Crippen LogP contribution in [-0.4, -0.2) is 60.2 Å². The van der Waals surface area contributed by atoms with Crippen molar-refractivity contribution in [1.29, 1.82) is 0 Å². The van der Waals surface area contributed by atoms with Crippen LogP contribution in [0.5, 0.6) is 17.2 Å². The van der Waals surface area contributed by atoms with Crippen LogP contribution in [-0.2, 0) is 16.6 Å². The second-order valence-electron chi connectivity index (χ2n) is 6.82. The Kier molecular flexibility index (Phi) is 6.89. The van der Waals surface area contributed by atoms with E-state index >= 15 is 0 Å². The molecule has 7 nitrogen and oxygen atoms in total. The van der Waals surface area contributed by atoms with Crippen LogP contribution < -0.4 is 19.1 Å². The molecule has 0 bridgehead atoms. The molecule has 2 aromatic rings. The number of hydrogen-bond donors (Lipinski definition) is 1. The number of rotatable bonds is 7. The molecule has 1 aliphatic rings. The lowest BCUT2D eigenvalue weighted by Crippen LogP contribution is -3.13. The number of halogens is 1.